The molecule has 1 aliphatic rings. The number of nitrogens with zero attached hydrogens (tertiary/aromatic N) is 1. The number of hydrogen-bond donors (Lipinski definition) is 1. The maximum absolute atomic E-state index is 13.2. The lowest BCUT2D eigenvalue weighted by Crippen LogP contribution is -2.45. The van der Waals surface area contributed by atoms with Gasteiger partial charge in [-0.1, -0.05) is 43.3 Å². The second kappa shape index (κ2) is 5.93. The smallest absolute Gasteiger partial charge is 0.237 e. The molecule has 3 heteroatoms. The molecule has 2 aromatic carbocycles. The fourth-order valence-electron chi connectivity index (χ4n) is 3.25. The molecule has 0 bridgehead atoms. The van der Waals surface area contributed by atoms with E-state index in [0.29, 0.717) is 12.8 Å². The highest BCUT2D eigenvalue weighted by molar-refractivity contribution is 6.06. The fraction of sp³-hybridized carbons (Fsp3) is 0.316. The molecule has 1 amide bonds. The molecule has 3 rings (SSSR count). The summed E-state index contributed by atoms with van der Waals surface area (Å²) in [6, 6.07) is 17.9. The van der Waals surface area contributed by atoms with Crippen LogP contribution < -0.4 is 4.90 Å². The lowest BCUT2D eigenvalue weighted by molar-refractivity contribution is -0.127. The summed E-state index contributed by atoms with van der Waals surface area (Å²) in [4.78, 5) is 15.0. The van der Waals surface area contributed by atoms with Crippen LogP contribution >= 0.6 is 0 Å². The second-order valence-corrected chi connectivity index (χ2v) is 6.17. The third-order valence-electron chi connectivity index (χ3n) is 4.43. The minimum Gasteiger partial charge on any atom is -0.396 e. The first-order valence-electron chi connectivity index (χ1n) is 7.74. The first-order chi connectivity index (χ1) is 10.7. The van der Waals surface area contributed by atoms with Crippen molar-refractivity contribution in [3.8, 4) is 0 Å². The van der Waals surface area contributed by atoms with E-state index in [0.717, 1.165) is 17.8 Å². The van der Waals surface area contributed by atoms with Crippen molar-refractivity contribution in [1.29, 1.82) is 0 Å². The number of fused-ring (bicyclic) bond motifs is 1. The van der Waals surface area contributed by atoms with Gasteiger partial charge < -0.3 is 5.11 Å². The number of carbonyl (C=O) groups excluding carboxylic acids is 1. The van der Waals surface area contributed by atoms with Crippen molar-refractivity contribution in [2.75, 3.05) is 11.5 Å². The molecule has 0 spiro atoms. The number of amides is 1. The zero-order valence-electron chi connectivity index (χ0n) is 12.8. The predicted octanol–water partition coefficient (Wildman–Crippen LogP) is 3.69. The van der Waals surface area contributed by atoms with Crippen LogP contribution in [0.2, 0.25) is 0 Å². The minimum absolute atomic E-state index is 0.117. The number of aliphatic hydroxyl groups excluding tert-OH is 1. The summed E-state index contributed by atoms with van der Waals surface area (Å²) in [5.74, 6) is 0.117. The predicted molar refractivity (Wildman–Crippen MR) is 88.2 cm³/mol. The second-order valence-electron chi connectivity index (χ2n) is 6.17. The van der Waals surface area contributed by atoms with E-state index < -0.39 is 5.41 Å². The molecule has 1 atom stereocenters. The van der Waals surface area contributed by atoms with Crippen molar-refractivity contribution in [1.82, 2.24) is 0 Å². The van der Waals surface area contributed by atoms with Crippen molar-refractivity contribution in [3.05, 3.63) is 60.2 Å². The van der Waals surface area contributed by atoms with Gasteiger partial charge in [0.05, 0.1) is 11.1 Å². The van der Waals surface area contributed by atoms with Crippen LogP contribution in [0.3, 0.4) is 0 Å². The van der Waals surface area contributed by atoms with Gasteiger partial charge in [-0.25, -0.2) is 0 Å². The summed E-state index contributed by atoms with van der Waals surface area (Å²) in [5.41, 5.74) is 2.59. The van der Waals surface area contributed by atoms with Crippen LogP contribution in [-0.4, -0.2) is 17.6 Å². The quantitative estimate of drug-likeness (QED) is 0.934. The highest BCUT2D eigenvalue weighted by Gasteiger charge is 2.42. The normalized spacial score (nSPS) is 20.8. The molecule has 1 heterocycles. The Kier molecular flexibility index (Phi) is 3.99. The molecule has 0 aromatic heterocycles. The molecular weight excluding hydrogens is 274 g/mol. The van der Waals surface area contributed by atoms with Gasteiger partial charge in [0, 0.05) is 12.3 Å². The van der Waals surface area contributed by atoms with Crippen LogP contribution in [-0.2, 0) is 11.2 Å². The van der Waals surface area contributed by atoms with E-state index in [9.17, 15) is 4.79 Å². The fourth-order valence-corrected chi connectivity index (χ4v) is 3.25. The molecule has 0 aliphatic carbocycles. The van der Waals surface area contributed by atoms with Crippen molar-refractivity contribution >= 4 is 17.3 Å². The Bertz CT molecular complexity index is 668. The van der Waals surface area contributed by atoms with Crippen LogP contribution in [0.5, 0.6) is 0 Å². The van der Waals surface area contributed by atoms with E-state index in [-0.39, 0.29) is 12.5 Å². The highest BCUT2D eigenvalue weighted by atomic mass is 16.3. The Morgan fingerprint density at radius 2 is 1.77 bits per heavy atom. The van der Waals surface area contributed by atoms with Gasteiger partial charge in [0.25, 0.3) is 0 Å². The highest BCUT2D eigenvalue weighted by Crippen LogP contribution is 2.43. The lowest BCUT2D eigenvalue weighted by Gasteiger charge is -2.40. The largest absolute Gasteiger partial charge is 0.396 e. The van der Waals surface area contributed by atoms with Gasteiger partial charge in [-0.15, -0.1) is 0 Å². The molecular formula is C19H21NO2. The van der Waals surface area contributed by atoms with Gasteiger partial charge >= 0.3 is 0 Å². The summed E-state index contributed by atoms with van der Waals surface area (Å²) in [5, 5.41) is 9.15. The van der Waals surface area contributed by atoms with Gasteiger partial charge in [0.1, 0.15) is 0 Å². The van der Waals surface area contributed by atoms with Crippen LogP contribution in [0, 0.1) is 5.41 Å². The Balaban J connectivity index is 2.08. The van der Waals surface area contributed by atoms with E-state index in [2.05, 4.69) is 6.07 Å². The molecule has 22 heavy (non-hydrogen) atoms. The number of hydrogen-bond acceptors (Lipinski definition) is 2. The molecule has 3 nitrogen and oxygen atoms in total. The van der Waals surface area contributed by atoms with Crippen molar-refractivity contribution in [2.24, 2.45) is 5.41 Å². The number of rotatable bonds is 4. The average molecular weight is 295 g/mol. The summed E-state index contributed by atoms with van der Waals surface area (Å²) in [7, 11) is 0. The topological polar surface area (TPSA) is 40.5 Å². The summed E-state index contributed by atoms with van der Waals surface area (Å²) >= 11 is 0. The van der Waals surface area contributed by atoms with Crippen molar-refractivity contribution in [3.63, 3.8) is 0 Å². The number of carbonyl (C=O) groups is 1. The monoisotopic (exact) mass is 295 g/mol. The molecule has 1 aliphatic heterocycles. The van der Waals surface area contributed by atoms with E-state index in [4.69, 9.17) is 5.11 Å². The van der Waals surface area contributed by atoms with E-state index in [1.807, 2.05) is 60.4 Å². The molecule has 2 aromatic rings. The molecule has 0 fully saturated rings. The lowest BCUT2D eigenvalue weighted by atomic mass is 9.75. The SMILES string of the molecule is C[C@@]1(CCCO)Cc2ccccc2N(c2ccccc2)C1=O. The van der Waals surface area contributed by atoms with Crippen LogP contribution in [0.1, 0.15) is 25.3 Å². The number of benzene rings is 2. The zero-order chi connectivity index (χ0) is 15.6. The standard InChI is InChI=1S/C19H21NO2/c1-19(12-7-13-21)14-15-8-5-6-11-17(15)20(18(19)22)16-9-3-2-4-10-16/h2-6,8-11,21H,7,12-14H2,1H3/t19-/m1/s1. The van der Waals surface area contributed by atoms with Gasteiger partial charge in [0.15, 0.2) is 0 Å². The zero-order valence-corrected chi connectivity index (χ0v) is 12.8. The van der Waals surface area contributed by atoms with Crippen LogP contribution in [0.4, 0.5) is 11.4 Å². The molecule has 0 saturated heterocycles. The van der Waals surface area contributed by atoms with Crippen LogP contribution in [0.15, 0.2) is 54.6 Å². The molecule has 0 unspecified atom stereocenters. The Hall–Kier alpha value is -2.13. The van der Waals surface area contributed by atoms with E-state index >= 15 is 0 Å². The summed E-state index contributed by atoms with van der Waals surface area (Å²) < 4.78 is 0. The molecule has 0 saturated carbocycles. The van der Waals surface area contributed by atoms with Gasteiger partial charge in [-0.3, -0.25) is 9.69 Å². The van der Waals surface area contributed by atoms with Crippen LogP contribution in [0.25, 0.3) is 0 Å². The molecule has 114 valence electrons. The molecule has 0 radical (unpaired) electrons. The number of aliphatic hydroxyl groups is 1. The summed E-state index contributed by atoms with van der Waals surface area (Å²) in [6.45, 7) is 2.13. The maximum Gasteiger partial charge on any atom is 0.237 e. The van der Waals surface area contributed by atoms with Gasteiger partial charge in [0.2, 0.25) is 5.91 Å². The minimum atomic E-state index is -0.465. The molecule has 1 N–H and O–H groups in total. The maximum atomic E-state index is 13.2. The number of para-hydroxylation sites is 2. The first-order valence-corrected chi connectivity index (χ1v) is 7.74. The first kappa shape index (κ1) is 14.8. The van der Waals surface area contributed by atoms with Gasteiger partial charge in [-0.2, -0.15) is 0 Å². The third kappa shape index (κ3) is 2.53. The van der Waals surface area contributed by atoms with E-state index in [1.54, 1.807) is 0 Å². The van der Waals surface area contributed by atoms with Crippen molar-refractivity contribution in [2.45, 2.75) is 26.2 Å². The number of anilines is 2. The third-order valence-corrected chi connectivity index (χ3v) is 4.43. The Morgan fingerprint density at radius 1 is 1.09 bits per heavy atom. The summed E-state index contributed by atoms with van der Waals surface area (Å²) in [6.07, 6.45) is 2.07. The Labute approximate surface area is 131 Å². The van der Waals surface area contributed by atoms with Crippen molar-refractivity contribution < 1.29 is 9.90 Å². The Morgan fingerprint density at radius 3 is 2.50 bits per heavy atom. The van der Waals surface area contributed by atoms with E-state index in [1.165, 1.54) is 5.56 Å². The van der Waals surface area contributed by atoms with Gasteiger partial charge in [-0.05, 0) is 43.0 Å². The average Bonchev–Trinajstić information content (AvgIpc) is 2.55.